The van der Waals surface area contributed by atoms with Gasteiger partial charge in [-0.3, -0.25) is 29.5 Å². The molecule has 1 aliphatic heterocycles. The fraction of sp³-hybridized carbons (Fsp3) is 0.579. The van der Waals surface area contributed by atoms with E-state index in [1.54, 1.807) is 18.2 Å². The number of nitrogens with one attached hydrogen (secondary N) is 2. The summed E-state index contributed by atoms with van der Waals surface area (Å²) in [6.07, 6.45) is 0.904. The van der Waals surface area contributed by atoms with E-state index < -0.39 is 4.92 Å². The summed E-state index contributed by atoms with van der Waals surface area (Å²) < 4.78 is 0. The van der Waals surface area contributed by atoms with Crippen LogP contribution < -0.4 is 10.6 Å². The highest BCUT2D eigenvalue weighted by molar-refractivity contribution is 5.78. The summed E-state index contributed by atoms with van der Waals surface area (Å²) in [5.74, 6) is -0.133. The Bertz CT molecular complexity index is 689. The van der Waals surface area contributed by atoms with Gasteiger partial charge in [0.1, 0.15) is 0 Å². The van der Waals surface area contributed by atoms with E-state index in [1.165, 1.54) is 6.07 Å². The molecule has 2 N–H and O–H groups in total. The third kappa shape index (κ3) is 6.90. The van der Waals surface area contributed by atoms with Crippen LogP contribution in [0.3, 0.4) is 0 Å². The molecule has 0 bridgehead atoms. The van der Waals surface area contributed by atoms with Gasteiger partial charge in [0.25, 0.3) is 5.69 Å². The smallest absolute Gasteiger partial charge is 0.274 e. The summed E-state index contributed by atoms with van der Waals surface area (Å²) in [6.45, 7) is 7.63. The number of carbonyl (C=O) groups is 2. The Morgan fingerprint density at radius 3 is 2.25 bits per heavy atom. The van der Waals surface area contributed by atoms with Gasteiger partial charge in [0.05, 0.1) is 18.0 Å². The van der Waals surface area contributed by atoms with Gasteiger partial charge in [0.2, 0.25) is 11.8 Å². The highest BCUT2D eigenvalue weighted by Crippen LogP contribution is 2.17. The maximum absolute atomic E-state index is 12.2. The average molecular weight is 391 g/mol. The number of hydrogen-bond donors (Lipinski definition) is 2. The fourth-order valence-electron chi connectivity index (χ4n) is 3.02. The zero-order chi connectivity index (χ0) is 20.5. The van der Waals surface area contributed by atoms with Crippen LogP contribution in [0.2, 0.25) is 0 Å². The number of hydrogen-bond acceptors (Lipinski definition) is 6. The number of benzene rings is 1. The predicted octanol–water partition coefficient (Wildman–Crippen LogP) is 0.743. The Hall–Kier alpha value is -2.52. The van der Waals surface area contributed by atoms with E-state index in [4.69, 9.17) is 0 Å². The zero-order valence-corrected chi connectivity index (χ0v) is 16.5. The van der Waals surface area contributed by atoms with Gasteiger partial charge in [-0.25, -0.2) is 0 Å². The van der Waals surface area contributed by atoms with Crippen LogP contribution in [-0.4, -0.2) is 71.8 Å². The molecular weight excluding hydrogens is 362 g/mol. The third-order valence-electron chi connectivity index (χ3n) is 4.88. The van der Waals surface area contributed by atoms with Crippen molar-refractivity contribution in [3.63, 3.8) is 0 Å². The van der Waals surface area contributed by atoms with Crippen molar-refractivity contribution in [3.8, 4) is 0 Å². The van der Waals surface area contributed by atoms with Crippen molar-refractivity contribution in [2.24, 2.45) is 0 Å². The molecule has 1 aromatic rings. The molecule has 2 amide bonds. The molecule has 1 unspecified atom stereocenters. The van der Waals surface area contributed by atoms with Gasteiger partial charge in [0, 0.05) is 50.4 Å². The van der Waals surface area contributed by atoms with E-state index in [1.807, 2.05) is 18.7 Å². The number of para-hydroxylation sites is 1. The van der Waals surface area contributed by atoms with E-state index in [-0.39, 0.29) is 36.6 Å². The van der Waals surface area contributed by atoms with Crippen molar-refractivity contribution in [2.75, 3.05) is 39.3 Å². The number of carbonyl (C=O) groups excluding carboxylic acids is 2. The van der Waals surface area contributed by atoms with Crippen LogP contribution in [0.25, 0.3) is 0 Å². The molecule has 9 heteroatoms. The average Bonchev–Trinajstić information content (AvgIpc) is 2.67. The summed E-state index contributed by atoms with van der Waals surface area (Å²) in [7, 11) is 0. The molecular formula is C19H29N5O4. The van der Waals surface area contributed by atoms with Crippen molar-refractivity contribution >= 4 is 17.5 Å². The number of nitro groups is 1. The van der Waals surface area contributed by atoms with Crippen LogP contribution in [-0.2, 0) is 16.1 Å². The lowest BCUT2D eigenvalue weighted by atomic mass is 10.2. The molecule has 1 aromatic carbocycles. The molecule has 28 heavy (non-hydrogen) atoms. The predicted molar refractivity (Wildman–Crippen MR) is 106 cm³/mol. The van der Waals surface area contributed by atoms with Crippen molar-refractivity contribution < 1.29 is 14.5 Å². The second kappa shape index (κ2) is 10.7. The highest BCUT2D eigenvalue weighted by atomic mass is 16.6. The molecule has 1 heterocycles. The summed E-state index contributed by atoms with van der Waals surface area (Å²) in [5.41, 5.74) is 0.491. The molecule has 154 valence electrons. The van der Waals surface area contributed by atoms with Crippen molar-refractivity contribution in [1.29, 1.82) is 0 Å². The Morgan fingerprint density at radius 1 is 1.11 bits per heavy atom. The van der Waals surface area contributed by atoms with E-state index in [0.29, 0.717) is 25.2 Å². The summed E-state index contributed by atoms with van der Waals surface area (Å²) in [4.78, 5) is 38.8. The first-order valence-corrected chi connectivity index (χ1v) is 9.62. The number of nitrogens with zero attached hydrogens (tertiary/aromatic N) is 3. The molecule has 0 spiro atoms. The zero-order valence-electron chi connectivity index (χ0n) is 16.5. The molecule has 1 atom stereocenters. The summed E-state index contributed by atoms with van der Waals surface area (Å²) in [6, 6.07) is 6.56. The minimum atomic E-state index is -0.446. The molecule has 1 fully saturated rings. The van der Waals surface area contributed by atoms with E-state index in [0.717, 1.165) is 19.5 Å². The molecule has 1 saturated heterocycles. The van der Waals surface area contributed by atoms with Crippen LogP contribution in [0.4, 0.5) is 5.69 Å². The van der Waals surface area contributed by atoms with E-state index in [9.17, 15) is 19.7 Å². The van der Waals surface area contributed by atoms with Crippen molar-refractivity contribution in [2.45, 2.75) is 32.9 Å². The van der Waals surface area contributed by atoms with Gasteiger partial charge in [-0.1, -0.05) is 25.1 Å². The van der Waals surface area contributed by atoms with Gasteiger partial charge in [0.15, 0.2) is 0 Å². The lowest BCUT2D eigenvalue weighted by molar-refractivity contribution is -0.385. The van der Waals surface area contributed by atoms with Crippen molar-refractivity contribution in [1.82, 2.24) is 20.4 Å². The molecule has 9 nitrogen and oxygen atoms in total. The fourth-order valence-corrected chi connectivity index (χ4v) is 3.02. The lowest BCUT2D eigenvalue weighted by Crippen LogP contribution is -2.52. The Morgan fingerprint density at radius 2 is 1.68 bits per heavy atom. The largest absolute Gasteiger partial charge is 0.353 e. The van der Waals surface area contributed by atoms with Gasteiger partial charge in [-0.05, 0) is 13.3 Å². The SMILES string of the molecule is CCC(C)NC(=O)CN1CCN(CC(=O)NCc2ccccc2[N+](=O)[O-])CC1. The van der Waals surface area contributed by atoms with Crippen LogP contribution in [0.15, 0.2) is 24.3 Å². The van der Waals surface area contributed by atoms with E-state index in [2.05, 4.69) is 15.5 Å². The minimum absolute atomic E-state index is 0.00656. The minimum Gasteiger partial charge on any atom is -0.353 e. The lowest BCUT2D eigenvalue weighted by Gasteiger charge is -2.34. The topological polar surface area (TPSA) is 108 Å². The first kappa shape index (κ1) is 21.8. The van der Waals surface area contributed by atoms with Crippen LogP contribution in [0, 0.1) is 10.1 Å². The molecule has 0 aromatic heterocycles. The molecule has 2 rings (SSSR count). The van der Waals surface area contributed by atoms with Gasteiger partial charge in [-0.2, -0.15) is 0 Å². The van der Waals surface area contributed by atoms with Gasteiger partial charge >= 0.3 is 0 Å². The molecule has 0 aliphatic carbocycles. The van der Waals surface area contributed by atoms with Gasteiger partial charge in [-0.15, -0.1) is 0 Å². The first-order valence-electron chi connectivity index (χ1n) is 9.62. The van der Waals surface area contributed by atoms with Gasteiger partial charge < -0.3 is 10.6 Å². The van der Waals surface area contributed by atoms with Crippen molar-refractivity contribution in [3.05, 3.63) is 39.9 Å². The maximum atomic E-state index is 12.2. The number of piperazine rings is 1. The second-order valence-corrected chi connectivity index (χ2v) is 7.09. The third-order valence-corrected chi connectivity index (χ3v) is 4.88. The Balaban J connectivity index is 1.71. The maximum Gasteiger partial charge on any atom is 0.274 e. The van der Waals surface area contributed by atoms with Crippen LogP contribution >= 0.6 is 0 Å². The molecule has 0 saturated carbocycles. The number of rotatable bonds is 9. The second-order valence-electron chi connectivity index (χ2n) is 7.09. The van der Waals surface area contributed by atoms with Crippen LogP contribution in [0.1, 0.15) is 25.8 Å². The van der Waals surface area contributed by atoms with E-state index >= 15 is 0 Å². The molecule has 0 radical (unpaired) electrons. The monoisotopic (exact) mass is 391 g/mol. The first-order chi connectivity index (χ1) is 13.4. The Kier molecular flexibility index (Phi) is 8.34. The molecule has 1 aliphatic rings. The quantitative estimate of drug-likeness (QED) is 0.475. The summed E-state index contributed by atoms with van der Waals surface area (Å²) in [5, 5.41) is 16.7. The van der Waals surface area contributed by atoms with Crippen LogP contribution in [0.5, 0.6) is 0 Å². The number of nitro benzene ring substituents is 1. The summed E-state index contributed by atoms with van der Waals surface area (Å²) >= 11 is 0. The number of amides is 2. The normalized spacial score (nSPS) is 16.4. The Labute approximate surface area is 165 Å². The highest BCUT2D eigenvalue weighted by Gasteiger charge is 2.21. The standard InChI is InChI=1S/C19H29N5O4/c1-3-15(2)21-19(26)14-23-10-8-22(9-11-23)13-18(25)20-12-16-6-4-5-7-17(16)24(27)28/h4-7,15H,3,8-14H2,1-2H3,(H,20,25)(H,21,26).